The van der Waals surface area contributed by atoms with Gasteiger partial charge in [0.15, 0.2) is 0 Å². The van der Waals surface area contributed by atoms with E-state index in [1.54, 1.807) is 11.1 Å². The molecule has 4 rings (SSSR count). The number of hydrogen-bond donors (Lipinski definition) is 1. The van der Waals surface area contributed by atoms with E-state index >= 15 is 0 Å². The van der Waals surface area contributed by atoms with E-state index in [4.69, 9.17) is 5.73 Å². The molecule has 0 saturated heterocycles. The third-order valence-electron chi connectivity index (χ3n) is 4.82. The fourth-order valence-corrected chi connectivity index (χ4v) is 3.52. The topological polar surface area (TPSA) is 29.3 Å². The van der Waals surface area contributed by atoms with Crippen LogP contribution in [0.2, 0.25) is 0 Å². The van der Waals surface area contributed by atoms with Crippen LogP contribution in [-0.2, 0) is 13.0 Å². The monoisotopic (exact) mass is 278 g/mol. The van der Waals surface area contributed by atoms with Crippen molar-refractivity contribution in [3.8, 4) is 0 Å². The minimum atomic E-state index is 0.725. The van der Waals surface area contributed by atoms with Crippen molar-refractivity contribution in [3.63, 3.8) is 0 Å². The molecule has 0 heterocycles. The Bertz CT molecular complexity index is 646. The summed E-state index contributed by atoms with van der Waals surface area (Å²) in [4.78, 5) is 2.66. The first-order chi connectivity index (χ1) is 10.3. The van der Waals surface area contributed by atoms with Gasteiger partial charge in [-0.3, -0.25) is 4.90 Å². The Kier molecular flexibility index (Phi) is 3.19. The second-order valence-electron chi connectivity index (χ2n) is 6.51. The van der Waals surface area contributed by atoms with Gasteiger partial charge in [-0.2, -0.15) is 0 Å². The van der Waals surface area contributed by atoms with E-state index in [2.05, 4.69) is 47.4 Å². The lowest BCUT2D eigenvalue weighted by Crippen LogP contribution is -2.34. The van der Waals surface area contributed by atoms with Crippen LogP contribution in [0, 0.1) is 0 Å². The molecule has 0 radical (unpaired) electrons. The molecule has 2 aliphatic rings. The Morgan fingerprint density at radius 1 is 1.05 bits per heavy atom. The van der Waals surface area contributed by atoms with Gasteiger partial charge in [-0.1, -0.05) is 36.4 Å². The lowest BCUT2D eigenvalue weighted by Gasteiger charge is -2.35. The van der Waals surface area contributed by atoms with Crippen LogP contribution in [0.3, 0.4) is 0 Å². The summed E-state index contributed by atoms with van der Waals surface area (Å²) in [6.07, 6.45) is 3.96. The van der Waals surface area contributed by atoms with E-state index in [1.807, 2.05) is 6.07 Å². The Hall–Kier alpha value is -1.80. The molecule has 1 atom stereocenters. The molecule has 2 N–H and O–H groups in total. The Morgan fingerprint density at radius 2 is 1.90 bits per heavy atom. The lowest BCUT2D eigenvalue weighted by atomic mass is 9.77. The molecule has 1 saturated carbocycles. The number of benzene rings is 2. The maximum Gasteiger partial charge on any atom is 0.0317 e. The predicted molar refractivity (Wildman–Crippen MR) is 87.2 cm³/mol. The fraction of sp³-hybridized carbons (Fsp3) is 0.368. The second-order valence-corrected chi connectivity index (χ2v) is 6.51. The molecule has 2 nitrogen and oxygen atoms in total. The van der Waals surface area contributed by atoms with Crippen molar-refractivity contribution >= 4 is 5.69 Å². The van der Waals surface area contributed by atoms with E-state index in [0.717, 1.165) is 24.2 Å². The summed E-state index contributed by atoms with van der Waals surface area (Å²) < 4.78 is 0. The summed E-state index contributed by atoms with van der Waals surface area (Å²) in [7, 11) is 0. The predicted octanol–water partition coefficient (Wildman–Crippen LogP) is 3.57. The van der Waals surface area contributed by atoms with Gasteiger partial charge < -0.3 is 5.73 Å². The largest absolute Gasteiger partial charge is 0.399 e. The van der Waals surface area contributed by atoms with E-state index < -0.39 is 0 Å². The van der Waals surface area contributed by atoms with Crippen LogP contribution in [0.1, 0.15) is 35.4 Å². The Labute approximate surface area is 126 Å². The number of rotatable bonds is 5. The highest BCUT2D eigenvalue weighted by Gasteiger charge is 2.34. The van der Waals surface area contributed by atoms with Gasteiger partial charge in [0.05, 0.1) is 0 Å². The third kappa shape index (κ3) is 2.68. The number of anilines is 1. The molecule has 1 unspecified atom stereocenters. The van der Waals surface area contributed by atoms with Crippen molar-refractivity contribution in [1.29, 1.82) is 0 Å². The highest BCUT2D eigenvalue weighted by Crippen LogP contribution is 2.38. The molecule has 2 aliphatic carbocycles. The smallest absolute Gasteiger partial charge is 0.0317 e. The van der Waals surface area contributed by atoms with E-state index in [0.29, 0.717) is 0 Å². The molecule has 0 bridgehead atoms. The Balaban J connectivity index is 1.46. The molecular weight excluding hydrogens is 256 g/mol. The number of nitrogen functional groups attached to an aromatic ring is 1. The average Bonchev–Trinajstić information content (AvgIpc) is 3.28. The lowest BCUT2D eigenvalue weighted by molar-refractivity contribution is 0.229. The first kappa shape index (κ1) is 12.9. The van der Waals surface area contributed by atoms with Crippen molar-refractivity contribution < 1.29 is 0 Å². The van der Waals surface area contributed by atoms with Gasteiger partial charge in [0, 0.05) is 30.7 Å². The molecular formula is C19H22N2. The zero-order valence-corrected chi connectivity index (χ0v) is 12.3. The number of nitrogens with zero attached hydrogens (tertiary/aromatic N) is 1. The first-order valence-corrected chi connectivity index (χ1v) is 7.96. The van der Waals surface area contributed by atoms with Crippen LogP contribution in [0.4, 0.5) is 5.69 Å². The van der Waals surface area contributed by atoms with Crippen molar-refractivity contribution in [1.82, 2.24) is 4.90 Å². The van der Waals surface area contributed by atoms with Gasteiger partial charge in [-0.15, -0.1) is 0 Å². The summed E-state index contributed by atoms with van der Waals surface area (Å²) >= 11 is 0. The molecule has 0 spiro atoms. The summed E-state index contributed by atoms with van der Waals surface area (Å²) in [6.45, 7) is 2.23. The maximum atomic E-state index is 5.91. The van der Waals surface area contributed by atoms with Crippen molar-refractivity contribution in [3.05, 3.63) is 65.2 Å². The second kappa shape index (κ2) is 5.19. The van der Waals surface area contributed by atoms with E-state index in [-0.39, 0.29) is 0 Å². The van der Waals surface area contributed by atoms with Gasteiger partial charge in [0.2, 0.25) is 0 Å². The fourth-order valence-electron chi connectivity index (χ4n) is 3.52. The molecule has 0 aromatic heterocycles. The highest BCUT2D eigenvalue weighted by molar-refractivity contribution is 5.41. The molecule has 0 amide bonds. The molecule has 108 valence electrons. The summed E-state index contributed by atoms with van der Waals surface area (Å²) in [6, 6.07) is 18.0. The Morgan fingerprint density at radius 3 is 2.67 bits per heavy atom. The van der Waals surface area contributed by atoms with Gasteiger partial charge in [-0.05, 0) is 48.1 Å². The summed E-state index contributed by atoms with van der Waals surface area (Å²) in [5.74, 6) is 0.725. The first-order valence-electron chi connectivity index (χ1n) is 7.96. The quantitative estimate of drug-likeness (QED) is 0.847. The standard InChI is InChI=1S/C19H22N2/c20-17-6-3-4-14(10-17)12-21(18-8-9-18)13-16-11-15-5-1-2-7-19(15)16/h1-7,10,16,18H,8-9,11-13,20H2. The van der Waals surface area contributed by atoms with Gasteiger partial charge in [-0.25, -0.2) is 0 Å². The van der Waals surface area contributed by atoms with E-state index in [1.165, 1.54) is 31.4 Å². The molecule has 1 fully saturated rings. The molecule has 2 aromatic rings. The minimum Gasteiger partial charge on any atom is -0.399 e. The van der Waals surface area contributed by atoms with Crippen LogP contribution in [0.5, 0.6) is 0 Å². The van der Waals surface area contributed by atoms with Crippen LogP contribution in [-0.4, -0.2) is 17.5 Å². The average molecular weight is 278 g/mol. The molecule has 2 heteroatoms. The zero-order chi connectivity index (χ0) is 14.2. The SMILES string of the molecule is Nc1cccc(CN(CC2Cc3ccccc32)C2CC2)c1. The van der Waals surface area contributed by atoms with Crippen LogP contribution in [0.15, 0.2) is 48.5 Å². The van der Waals surface area contributed by atoms with Crippen molar-refractivity contribution in [2.75, 3.05) is 12.3 Å². The zero-order valence-electron chi connectivity index (χ0n) is 12.3. The number of hydrogen-bond acceptors (Lipinski definition) is 2. The summed E-state index contributed by atoms with van der Waals surface area (Å²) in [5, 5.41) is 0. The van der Waals surface area contributed by atoms with Crippen molar-refractivity contribution in [2.24, 2.45) is 0 Å². The van der Waals surface area contributed by atoms with E-state index in [9.17, 15) is 0 Å². The maximum absolute atomic E-state index is 5.91. The van der Waals surface area contributed by atoms with Crippen LogP contribution < -0.4 is 5.73 Å². The van der Waals surface area contributed by atoms with Gasteiger partial charge in [0.1, 0.15) is 0 Å². The molecule has 2 aromatic carbocycles. The van der Waals surface area contributed by atoms with Crippen molar-refractivity contribution in [2.45, 2.75) is 37.8 Å². The summed E-state index contributed by atoms with van der Waals surface area (Å²) in [5.41, 5.74) is 11.2. The highest BCUT2D eigenvalue weighted by atomic mass is 15.2. The minimum absolute atomic E-state index is 0.725. The normalized spacial score (nSPS) is 20.1. The molecule has 0 aliphatic heterocycles. The number of nitrogens with two attached hydrogens (primary N) is 1. The van der Waals surface area contributed by atoms with Crippen LogP contribution >= 0.6 is 0 Å². The third-order valence-corrected chi connectivity index (χ3v) is 4.82. The number of fused-ring (bicyclic) bond motifs is 1. The van der Waals surface area contributed by atoms with Crippen LogP contribution in [0.25, 0.3) is 0 Å². The van der Waals surface area contributed by atoms with Gasteiger partial charge >= 0.3 is 0 Å². The molecule has 21 heavy (non-hydrogen) atoms. The van der Waals surface area contributed by atoms with Gasteiger partial charge in [0.25, 0.3) is 0 Å².